The van der Waals surface area contributed by atoms with Crippen molar-refractivity contribution in [1.29, 1.82) is 0 Å². The van der Waals surface area contributed by atoms with Crippen LogP contribution in [-0.2, 0) is 0 Å². The van der Waals surface area contributed by atoms with Crippen molar-refractivity contribution >= 4 is 36.4 Å². The molecule has 2 unspecified atom stereocenters. The van der Waals surface area contributed by atoms with Gasteiger partial charge in [0, 0.05) is 29.9 Å². The first-order valence-corrected chi connectivity index (χ1v) is 6.43. The minimum absolute atomic E-state index is 0. The molecule has 114 valence electrons. The van der Waals surface area contributed by atoms with Crippen LogP contribution in [0.4, 0.5) is 5.69 Å². The van der Waals surface area contributed by atoms with Crippen molar-refractivity contribution in [2.45, 2.75) is 31.8 Å². The Morgan fingerprint density at radius 3 is 2.45 bits per heavy atom. The Morgan fingerprint density at radius 1 is 1.30 bits per heavy atom. The molecule has 2 atom stereocenters. The van der Waals surface area contributed by atoms with Gasteiger partial charge in [-0.05, 0) is 51.1 Å². The third-order valence-corrected chi connectivity index (χ3v) is 3.72. The Hall–Kier alpha value is -0.970. The average molecular weight is 320 g/mol. The van der Waals surface area contributed by atoms with Gasteiger partial charge in [0.05, 0.1) is 0 Å². The van der Waals surface area contributed by atoms with Crippen LogP contribution in [0.1, 0.15) is 30.1 Å². The first-order chi connectivity index (χ1) is 8.56. The fraction of sp³-hybridized carbons (Fsp3) is 0.500. The molecule has 1 amide bonds. The highest BCUT2D eigenvalue weighted by Crippen LogP contribution is 2.16. The van der Waals surface area contributed by atoms with Crippen molar-refractivity contribution in [1.82, 2.24) is 10.2 Å². The fourth-order valence-corrected chi connectivity index (χ4v) is 2.32. The summed E-state index contributed by atoms with van der Waals surface area (Å²) in [4.78, 5) is 14.4. The molecule has 1 aromatic carbocycles. The second-order valence-electron chi connectivity index (χ2n) is 5.15. The van der Waals surface area contributed by atoms with E-state index in [1.807, 2.05) is 0 Å². The molecule has 0 saturated carbocycles. The van der Waals surface area contributed by atoms with E-state index in [1.165, 1.54) is 0 Å². The van der Waals surface area contributed by atoms with Gasteiger partial charge in [-0.25, -0.2) is 0 Å². The Balaban J connectivity index is 0.00000180. The molecule has 0 radical (unpaired) electrons. The predicted molar refractivity (Wildman–Crippen MR) is 87.9 cm³/mol. The third kappa shape index (κ3) is 4.85. The summed E-state index contributed by atoms with van der Waals surface area (Å²) in [6.07, 6.45) is 2.03. The SMILES string of the molecule is CC1CC(NC(=O)c2ccc(N)cc2)CCN1C.Cl.Cl. The molecule has 1 saturated heterocycles. The van der Waals surface area contributed by atoms with Gasteiger partial charge in [-0.2, -0.15) is 0 Å². The fourth-order valence-electron chi connectivity index (χ4n) is 2.32. The number of hydrogen-bond acceptors (Lipinski definition) is 3. The second-order valence-corrected chi connectivity index (χ2v) is 5.15. The van der Waals surface area contributed by atoms with E-state index in [0.717, 1.165) is 19.4 Å². The quantitative estimate of drug-likeness (QED) is 0.822. The molecule has 1 aromatic rings. The number of hydrogen-bond donors (Lipinski definition) is 2. The maximum Gasteiger partial charge on any atom is 0.251 e. The maximum atomic E-state index is 12.0. The highest BCUT2D eigenvalue weighted by molar-refractivity contribution is 5.94. The van der Waals surface area contributed by atoms with Crippen LogP contribution < -0.4 is 11.1 Å². The van der Waals surface area contributed by atoms with Gasteiger partial charge in [-0.15, -0.1) is 24.8 Å². The number of carbonyl (C=O) groups is 1. The minimum Gasteiger partial charge on any atom is -0.399 e. The number of nitrogen functional groups attached to an aromatic ring is 1. The zero-order valence-corrected chi connectivity index (χ0v) is 13.5. The molecule has 2 rings (SSSR count). The van der Waals surface area contributed by atoms with E-state index in [1.54, 1.807) is 24.3 Å². The summed E-state index contributed by atoms with van der Waals surface area (Å²) in [6, 6.07) is 7.85. The number of anilines is 1. The summed E-state index contributed by atoms with van der Waals surface area (Å²) in [5.74, 6) is -0.00301. The Morgan fingerprint density at radius 2 is 1.90 bits per heavy atom. The number of nitrogens with one attached hydrogen (secondary N) is 1. The lowest BCUT2D eigenvalue weighted by Crippen LogP contribution is -2.47. The number of benzene rings is 1. The van der Waals surface area contributed by atoms with Gasteiger partial charge < -0.3 is 16.0 Å². The lowest BCUT2D eigenvalue weighted by Gasteiger charge is -2.35. The minimum atomic E-state index is -0.00301. The van der Waals surface area contributed by atoms with Gasteiger partial charge in [-0.3, -0.25) is 4.79 Å². The van der Waals surface area contributed by atoms with E-state index in [-0.39, 0.29) is 36.8 Å². The second kappa shape index (κ2) is 8.35. The predicted octanol–water partition coefficient (Wildman–Crippen LogP) is 2.32. The van der Waals surface area contributed by atoms with E-state index in [2.05, 4.69) is 24.2 Å². The summed E-state index contributed by atoms with van der Waals surface area (Å²) in [6.45, 7) is 3.23. The van der Waals surface area contributed by atoms with E-state index in [9.17, 15) is 4.79 Å². The van der Waals surface area contributed by atoms with Gasteiger partial charge >= 0.3 is 0 Å². The van der Waals surface area contributed by atoms with Crippen LogP contribution in [0.3, 0.4) is 0 Å². The topological polar surface area (TPSA) is 58.4 Å². The summed E-state index contributed by atoms with van der Waals surface area (Å²) < 4.78 is 0. The molecule has 1 fully saturated rings. The van der Waals surface area contributed by atoms with E-state index < -0.39 is 0 Å². The number of carbonyl (C=O) groups excluding carboxylic acids is 1. The molecule has 0 aromatic heterocycles. The van der Waals surface area contributed by atoms with Crippen molar-refractivity contribution in [2.75, 3.05) is 19.3 Å². The molecule has 20 heavy (non-hydrogen) atoms. The molecule has 0 aliphatic carbocycles. The molecular formula is C14H23Cl2N3O. The average Bonchev–Trinajstić information content (AvgIpc) is 2.34. The Bertz CT molecular complexity index is 425. The van der Waals surface area contributed by atoms with E-state index in [0.29, 0.717) is 17.3 Å². The molecular weight excluding hydrogens is 297 g/mol. The molecule has 1 aliphatic rings. The zero-order chi connectivity index (χ0) is 13.1. The number of piperidine rings is 1. The first-order valence-electron chi connectivity index (χ1n) is 6.43. The molecule has 0 bridgehead atoms. The van der Waals surface area contributed by atoms with Crippen LogP contribution in [0.5, 0.6) is 0 Å². The van der Waals surface area contributed by atoms with E-state index >= 15 is 0 Å². The van der Waals surface area contributed by atoms with Crippen LogP contribution in [0.15, 0.2) is 24.3 Å². The molecule has 1 aliphatic heterocycles. The van der Waals surface area contributed by atoms with Crippen LogP contribution >= 0.6 is 24.8 Å². The van der Waals surface area contributed by atoms with Gasteiger partial charge in [-0.1, -0.05) is 0 Å². The summed E-state index contributed by atoms with van der Waals surface area (Å²) in [7, 11) is 2.13. The van der Waals surface area contributed by atoms with Gasteiger partial charge in [0.2, 0.25) is 0 Å². The lowest BCUT2D eigenvalue weighted by atomic mass is 9.98. The van der Waals surface area contributed by atoms with Crippen molar-refractivity contribution in [3.63, 3.8) is 0 Å². The standard InChI is InChI=1S/C14H21N3O.2ClH/c1-10-9-13(7-8-17(10)2)16-14(18)11-3-5-12(15)6-4-11;;/h3-6,10,13H,7-9,15H2,1-2H3,(H,16,18);2*1H. The smallest absolute Gasteiger partial charge is 0.251 e. The van der Waals surface area contributed by atoms with Crippen molar-refractivity contribution in [3.05, 3.63) is 29.8 Å². The Labute approximate surface area is 132 Å². The first kappa shape index (κ1) is 19.0. The van der Waals surface area contributed by atoms with E-state index in [4.69, 9.17) is 5.73 Å². The molecule has 4 nitrogen and oxygen atoms in total. The Kier molecular flexibility index (Phi) is 7.94. The highest BCUT2D eigenvalue weighted by atomic mass is 35.5. The normalized spacial score (nSPS) is 22.3. The summed E-state index contributed by atoms with van der Waals surface area (Å²) in [5, 5.41) is 3.10. The number of halogens is 2. The van der Waals surface area contributed by atoms with Gasteiger partial charge in [0.15, 0.2) is 0 Å². The van der Waals surface area contributed by atoms with Crippen LogP contribution in [0.2, 0.25) is 0 Å². The monoisotopic (exact) mass is 319 g/mol. The van der Waals surface area contributed by atoms with Crippen molar-refractivity contribution in [2.24, 2.45) is 0 Å². The molecule has 0 spiro atoms. The largest absolute Gasteiger partial charge is 0.399 e. The third-order valence-electron chi connectivity index (χ3n) is 3.72. The van der Waals surface area contributed by atoms with Crippen LogP contribution in [0, 0.1) is 0 Å². The maximum absolute atomic E-state index is 12.0. The van der Waals surface area contributed by atoms with Crippen LogP contribution in [-0.4, -0.2) is 36.5 Å². The summed E-state index contributed by atoms with van der Waals surface area (Å²) >= 11 is 0. The molecule has 6 heteroatoms. The lowest BCUT2D eigenvalue weighted by molar-refractivity contribution is 0.0896. The zero-order valence-electron chi connectivity index (χ0n) is 11.8. The number of amides is 1. The van der Waals surface area contributed by atoms with Gasteiger partial charge in [0.25, 0.3) is 5.91 Å². The number of nitrogens with zero attached hydrogens (tertiary/aromatic N) is 1. The number of likely N-dealkylation sites (tertiary alicyclic amines) is 1. The van der Waals surface area contributed by atoms with Gasteiger partial charge in [0.1, 0.15) is 0 Å². The molecule has 3 N–H and O–H groups in total. The molecule has 1 heterocycles. The number of rotatable bonds is 2. The highest BCUT2D eigenvalue weighted by Gasteiger charge is 2.24. The van der Waals surface area contributed by atoms with Crippen molar-refractivity contribution < 1.29 is 4.79 Å². The van der Waals surface area contributed by atoms with Crippen LogP contribution in [0.25, 0.3) is 0 Å². The summed E-state index contributed by atoms with van der Waals surface area (Å²) in [5.41, 5.74) is 6.96. The number of nitrogens with two attached hydrogens (primary N) is 1. The van der Waals surface area contributed by atoms with Crippen molar-refractivity contribution in [3.8, 4) is 0 Å².